The number of ether oxygens (including phenoxy) is 2. The number of hydrogen-bond acceptors (Lipinski definition) is 3. The van der Waals surface area contributed by atoms with Crippen molar-refractivity contribution in [2.75, 3.05) is 14.2 Å². The van der Waals surface area contributed by atoms with E-state index in [1.54, 1.807) is 12.1 Å². The minimum absolute atomic E-state index is 0.318. The van der Waals surface area contributed by atoms with E-state index in [1.807, 2.05) is 31.2 Å². The molecule has 0 aromatic heterocycles. The highest BCUT2D eigenvalue weighted by molar-refractivity contribution is 6.32. The van der Waals surface area contributed by atoms with E-state index in [4.69, 9.17) is 21.1 Å². The van der Waals surface area contributed by atoms with E-state index in [0.717, 1.165) is 16.7 Å². The van der Waals surface area contributed by atoms with Crippen molar-refractivity contribution in [1.82, 2.24) is 0 Å². The Morgan fingerprint density at radius 3 is 2.35 bits per heavy atom. The number of rotatable bonds is 6. The van der Waals surface area contributed by atoms with E-state index in [1.165, 1.54) is 14.2 Å². The summed E-state index contributed by atoms with van der Waals surface area (Å²) >= 11 is 6.19. The van der Waals surface area contributed by atoms with Crippen LogP contribution in [0.15, 0.2) is 36.4 Å². The molecule has 0 aliphatic rings. The smallest absolute Gasteiger partial charge is 0.311 e. The van der Waals surface area contributed by atoms with Crippen LogP contribution in [0.25, 0.3) is 0 Å². The highest BCUT2D eigenvalue weighted by Crippen LogP contribution is 2.37. The van der Waals surface area contributed by atoms with Crippen LogP contribution in [0, 0.1) is 6.92 Å². The van der Waals surface area contributed by atoms with Gasteiger partial charge < -0.3 is 14.6 Å². The van der Waals surface area contributed by atoms with Crippen LogP contribution < -0.4 is 9.47 Å². The van der Waals surface area contributed by atoms with Gasteiger partial charge in [0.05, 0.1) is 25.2 Å². The van der Waals surface area contributed by atoms with Crippen molar-refractivity contribution >= 4 is 17.6 Å². The first-order valence-electron chi connectivity index (χ1n) is 7.16. The predicted octanol–water partition coefficient (Wildman–Crippen LogP) is 4.08. The first-order valence-corrected chi connectivity index (χ1v) is 7.53. The molecule has 0 bridgehead atoms. The highest BCUT2D eigenvalue weighted by atomic mass is 35.5. The third kappa shape index (κ3) is 3.96. The number of aryl methyl sites for hydroxylation is 1. The van der Waals surface area contributed by atoms with Crippen molar-refractivity contribution in [3.63, 3.8) is 0 Å². The van der Waals surface area contributed by atoms with Crippen molar-refractivity contribution in [2.24, 2.45) is 0 Å². The van der Waals surface area contributed by atoms with Crippen LogP contribution in [-0.4, -0.2) is 25.3 Å². The van der Waals surface area contributed by atoms with Crippen molar-refractivity contribution in [1.29, 1.82) is 0 Å². The van der Waals surface area contributed by atoms with Gasteiger partial charge in [0.15, 0.2) is 11.5 Å². The van der Waals surface area contributed by atoms with E-state index in [9.17, 15) is 9.90 Å². The van der Waals surface area contributed by atoms with Gasteiger partial charge in [-0.1, -0.05) is 41.4 Å². The summed E-state index contributed by atoms with van der Waals surface area (Å²) in [6.07, 6.45) is 0.318. The molecule has 0 saturated heterocycles. The molecule has 0 fully saturated rings. The van der Waals surface area contributed by atoms with Crippen molar-refractivity contribution < 1.29 is 19.4 Å². The van der Waals surface area contributed by atoms with Gasteiger partial charge in [-0.25, -0.2) is 0 Å². The Hall–Kier alpha value is -2.20. The molecule has 5 heteroatoms. The second-order valence-electron chi connectivity index (χ2n) is 5.32. The summed E-state index contributed by atoms with van der Waals surface area (Å²) in [5, 5.41) is 9.96. The average Bonchev–Trinajstić information content (AvgIpc) is 2.52. The molecule has 23 heavy (non-hydrogen) atoms. The zero-order valence-electron chi connectivity index (χ0n) is 13.3. The lowest BCUT2D eigenvalue weighted by atomic mass is 9.91. The molecule has 1 unspecified atom stereocenters. The van der Waals surface area contributed by atoms with Gasteiger partial charge in [0, 0.05) is 0 Å². The minimum atomic E-state index is -0.875. The Morgan fingerprint density at radius 2 is 1.83 bits per heavy atom. The Bertz CT molecular complexity index is 695. The van der Waals surface area contributed by atoms with Crippen molar-refractivity contribution in [3.8, 4) is 11.5 Å². The third-order valence-electron chi connectivity index (χ3n) is 3.71. The molecule has 0 amide bonds. The maximum Gasteiger partial charge on any atom is 0.311 e. The fourth-order valence-electron chi connectivity index (χ4n) is 2.47. The summed E-state index contributed by atoms with van der Waals surface area (Å²) in [4.78, 5) is 11.7. The monoisotopic (exact) mass is 334 g/mol. The van der Waals surface area contributed by atoms with Crippen LogP contribution in [0.5, 0.6) is 11.5 Å². The maximum absolute atomic E-state index is 11.7. The fourth-order valence-corrected chi connectivity index (χ4v) is 2.78. The summed E-state index contributed by atoms with van der Waals surface area (Å²) in [7, 11) is 3.03. The summed E-state index contributed by atoms with van der Waals surface area (Å²) in [6, 6.07) is 11.0. The quantitative estimate of drug-likeness (QED) is 0.865. The molecule has 2 aromatic rings. The van der Waals surface area contributed by atoms with Crippen LogP contribution in [0.4, 0.5) is 0 Å². The first-order chi connectivity index (χ1) is 11.0. The van der Waals surface area contributed by atoms with Crippen molar-refractivity contribution in [2.45, 2.75) is 19.3 Å². The Balaban J connectivity index is 2.35. The molecule has 1 atom stereocenters. The fraction of sp³-hybridized carbons (Fsp3) is 0.278. The molecule has 0 radical (unpaired) electrons. The van der Waals surface area contributed by atoms with Crippen LogP contribution in [0.3, 0.4) is 0 Å². The molecule has 0 aliphatic carbocycles. The Kier molecular flexibility index (Phi) is 5.50. The Morgan fingerprint density at radius 1 is 1.17 bits per heavy atom. The van der Waals surface area contributed by atoms with Gasteiger partial charge >= 0.3 is 5.97 Å². The number of carboxylic acid groups (broad SMARTS) is 1. The van der Waals surface area contributed by atoms with E-state index in [2.05, 4.69) is 0 Å². The largest absolute Gasteiger partial charge is 0.493 e. The highest BCUT2D eigenvalue weighted by Gasteiger charge is 2.22. The zero-order chi connectivity index (χ0) is 17.0. The molecule has 122 valence electrons. The van der Waals surface area contributed by atoms with E-state index in [0.29, 0.717) is 22.9 Å². The standard InChI is InChI=1S/C18H19ClO4/c1-11-4-6-13(7-5-11)14(18(20)21)8-12-9-15(19)17(23-3)16(10-12)22-2/h4-7,9-10,14H,8H2,1-3H3,(H,20,21). The number of carbonyl (C=O) groups is 1. The summed E-state index contributed by atoms with van der Waals surface area (Å²) in [5.41, 5.74) is 2.63. The van der Waals surface area contributed by atoms with Crippen LogP contribution in [-0.2, 0) is 11.2 Å². The number of carboxylic acids is 1. The molecular formula is C18H19ClO4. The first kappa shape index (κ1) is 17.2. The number of aliphatic carboxylic acids is 1. The van der Waals surface area contributed by atoms with Crippen LogP contribution in [0.2, 0.25) is 5.02 Å². The second-order valence-corrected chi connectivity index (χ2v) is 5.73. The molecule has 0 aliphatic heterocycles. The third-order valence-corrected chi connectivity index (χ3v) is 3.99. The predicted molar refractivity (Wildman–Crippen MR) is 89.8 cm³/mol. The van der Waals surface area contributed by atoms with Gasteiger partial charge in [-0.05, 0) is 36.6 Å². The molecule has 0 spiro atoms. The van der Waals surface area contributed by atoms with Gasteiger partial charge in [0.1, 0.15) is 0 Å². The normalized spacial score (nSPS) is 11.8. The van der Waals surface area contributed by atoms with Gasteiger partial charge in [0.2, 0.25) is 0 Å². The number of methoxy groups -OCH3 is 2. The van der Waals surface area contributed by atoms with Gasteiger partial charge in [0.25, 0.3) is 0 Å². The van der Waals surface area contributed by atoms with E-state index >= 15 is 0 Å². The van der Waals surface area contributed by atoms with Gasteiger partial charge in [-0.15, -0.1) is 0 Å². The second kappa shape index (κ2) is 7.38. The molecule has 4 nitrogen and oxygen atoms in total. The Labute approximate surface area is 140 Å². The zero-order valence-corrected chi connectivity index (χ0v) is 14.1. The van der Waals surface area contributed by atoms with Gasteiger partial charge in [-0.2, -0.15) is 0 Å². The number of hydrogen-bond donors (Lipinski definition) is 1. The van der Waals surface area contributed by atoms with Gasteiger partial charge in [-0.3, -0.25) is 4.79 Å². The molecule has 0 saturated carbocycles. The van der Waals surface area contributed by atoms with Crippen LogP contribution >= 0.6 is 11.6 Å². The molecule has 0 heterocycles. The lowest BCUT2D eigenvalue weighted by molar-refractivity contribution is -0.138. The summed E-state index contributed by atoms with van der Waals surface area (Å²) < 4.78 is 10.5. The summed E-state index contributed by atoms with van der Waals surface area (Å²) in [6.45, 7) is 1.97. The topological polar surface area (TPSA) is 55.8 Å². The SMILES string of the molecule is COc1cc(CC(C(=O)O)c2ccc(C)cc2)cc(Cl)c1OC. The number of halogens is 1. The van der Waals surface area contributed by atoms with Crippen molar-refractivity contribution in [3.05, 3.63) is 58.1 Å². The summed E-state index contributed by atoms with van der Waals surface area (Å²) in [5.74, 6) is -0.590. The molecular weight excluding hydrogens is 316 g/mol. The lowest BCUT2D eigenvalue weighted by Gasteiger charge is -2.16. The molecule has 1 N–H and O–H groups in total. The molecule has 2 aromatic carbocycles. The average molecular weight is 335 g/mol. The van der Waals surface area contributed by atoms with E-state index in [-0.39, 0.29) is 0 Å². The van der Waals surface area contributed by atoms with E-state index < -0.39 is 11.9 Å². The lowest BCUT2D eigenvalue weighted by Crippen LogP contribution is -2.14. The minimum Gasteiger partial charge on any atom is -0.493 e. The maximum atomic E-state index is 11.7. The van der Waals surface area contributed by atoms with Crippen LogP contribution in [0.1, 0.15) is 22.6 Å². The molecule has 2 rings (SSSR count). The number of benzene rings is 2.